The molecule has 26 heavy (non-hydrogen) atoms. The summed E-state index contributed by atoms with van der Waals surface area (Å²) in [4.78, 5) is 35.4. The molecule has 0 spiro atoms. The summed E-state index contributed by atoms with van der Waals surface area (Å²) < 4.78 is 4.90. The summed E-state index contributed by atoms with van der Waals surface area (Å²) in [6.45, 7) is 9.15. The van der Waals surface area contributed by atoms with Gasteiger partial charge in [-0.15, -0.1) is 0 Å². The molecule has 2 amide bonds. The number of benzene rings is 1. The highest BCUT2D eigenvalue weighted by Crippen LogP contribution is 2.16. The van der Waals surface area contributed by atoms with Crippen molar-refractivity contribution in [2.75, 3.05) is 11.9 Å². The highest BCUT2D eigenvalue weighted by atomic mass is 16.5. The average Bonchev–Trinajstić information content (AvgIpc) is 2.60. The molecule has 1 aromatic rings. The van der Waals surface area contributed by atoms with Crippen LogP contribution in [-0.4, -0.2) is 30.1 Å². The molecular weight excluding hydrogens is 334 g/mol. The number of hydrogen-bond donors (Lipinski definition) is 2. The van der Waals surface area contributed by atoms with Crippen LogP contribution in [0, 0.1) is 19.8 Å². The van der Waals surface area contributed by atoms with E-state index in [1.165, 1.54) is 0 Å². The van der Waals surface area contributed by atoms with Crippen molar-refractivity contribution >= 4 is 29.2 Å². The fourth-order valence-corrected chi connectivity index (χ4v) is 2.05. The molecule has 0 radical (unpaired) electrons. The van der Waals surface area contributed by atoms with E-state index in [4.69, 9.17) is 4.74 Å². The fourth-order valence-electron chi connectivity index (χ4n) is 2.05. The van der Waals surface area contributed by atoms with Gasteiger partial charge in [0.05, 0.1) is 12.5 Å². The van der Waals surface area contributed by atoms with Crippen molar-refractivity contribution in [3.63, 3.8) is 0 Å². The van der Waals surface area contributed by atoms with Gasteiger partial charge in [-0.25, -0.2) is 5.43 Å². The first-order chi connectivity index (χ1) is 12.2. The summed E-state index contributed by atoms with van der Waals surface area (Å²) in [5.74, 6) is -1.57. The van der Waals surface area contributed by atoms with E-state index >= 15 is 0 Å². The van der Waals surface area contributed by atoms with Gasteiger partial charge in [0, 0.05) is 24.2 Å². The standard InChI is InChI=1S/C19H27N3O4/c1-6-26-19(25)14(4)15(5)21-22-18(24)10-9-17(23)20-16-11-12(2)7-8-13(16)3/h7-8,11,14H,6,9-10H2,1-5H3,(H,20,23)(H,22,24). The van der Waals surface area contributed by atoms with Crippen LogP contribution in [0.15, 0.2) is 23.3 Å². The first-order valence-corrected chi connectivity index (χ1v) is 8.61. The Bertz CT molecular complexity index is 698. The van der Waals surface area contributed by atoms with Crippen LogP contribution in [-0.2, 0) is 19.1 Å². The Hall–Kier alpha value is -2.70. The van der Waals surface area contributed by atoms with Crippen molar-refractivity contribution in [1.82, 2.24) is 5.43 Å². The number of hydrogen-bond acceptors (Lipinski definition) is 5. The summed E-state index contributed by atoms with van der Waals surface area (Å²) in [7, 11) is 0. The second-order valence-electron chi connectivity index (χ2n) is 6.13. The molecule has 7 nitrogen and oxygen atoms in total. The van der Waals surface area contributed by atoms with Gasteiger partial charge >= 0.3 is 5.97 Å². The number of hydrazone groups is 1. The molecule has 0 saturated carbocycles. The highest BCUT2D eigenvalue weighted by molar-refractivity contribution is 6.01. The van der Waals surface area contributed by atoms with Gasteiger partial charge in [-0.2, -0.15) is 5.10 Å². The zero-order valence-electron chi connectivity index (χ0n) is 16.0. The minimum atomic E-state index is -0.539. The number of nitrogens with zero attached hydrogens (tertiary/aromatic N) is 1. The predicted molar refractivity (Wildman–Crippen MR) is 101 cm³/mol. The number of nitrogens with one attached hydrogen (secondary N) is 2. The number of carbonyl (C=O) groups is 3. The van der Waals surface area contributed by atoms with E-state index in [1.54, 1.807) is 20.8 Å². The van der Waals surface area contributed by atoms with Crippen LogP contribution >= 0.6 is 0 Å². The van der Waals surface area contributed by atoms with Crippen LogP contribution in [0.1, 0.15) is 44.7 Å². The van der Waals surface area contributed by atoms with Crippen LogP contribution < -0.4 is 10.7 Å². The smallest absolute Gasteiger partial charge is 0.314 e. The van der Waals surface area contributed by atoms with E-state index in [0.717, 1.165) is 16.8 Å². The van der Waals surface area contributed by atoms with Gasteiger partial charge in [0.1, 0.15) is 0 Å². The quantitative estimate of drug-likeness (QED) is 0.423. The Labute approximate surface area is 154 Å². The van der Waals surface area contributed by atoms with Gasteiger partial charge in [0.25, 0.3) is 0 Å². The molecule has 0 saturated heterocycles. The molecule has 0 heterocycles. The Kier molecular flexibility index (Phi) is 8.48. The molecule has 1 aromatic carbocycles. The average molecular weight is 361 g/mol. The number of anilines is 1. The van der Waals surface area contributed by atoms with E-state index < -0.39 is 17.8 Å². The Balaban J connectivity index is 2.46. The topological polar surface area (TPSA) is 96.9 Å². The lowest BCUT2D eigenvalue weighted by Crippen LogP contribution is -2.26. The Morgan fingerprint density at radius 1 is 1.15 bits per heavy atom. The number of rotatable bonds is 8. The molecule has 0 aliphatic heterocycles. The maximum absolute atomic E-state index is 12.0. The first-order valence-electron chi connectivity index (χ1n) is 8.61. The lowest BCUT2D eigenvalue weighted by molar-refractivity contribution is -0.145. The van der Waals surface area contributed by atoms with Gasteiger partial charge in [-0.3, -0.25) is 14.4 Å². The number of ether oxygens (including phenoxy) is 1. The summed E-state index contributed by atoms with van der Waals surface area (Å²) in [6.07, 6.45) is 0.0441. The molecule has 0 bridgehead atoms. The largest absolute Gasteiger partial charge is 0.465 e. The normalized spacial score (nSPS) is 12.3. The number of esters is 1. The third-order valence-electron chi connectivity index (χ3n) is 3.87. The lowest BCUT2D eigenvalue weighted by atomic mass is 10.1. The van der Waals surface area contributed by atoms with Crippen LogP contribution in [0.4, 0.5) is 5.69 Å². The fraction of sp³-hybridized carbons (Fsp3) is 0.474. The highest BCUT2D eigenvalue weighted by Gasteiger charge is 2.17. The van der Waals surface area contributed by atoms with E-state index in [9.17, 15) is 14.4 Å². The molecule has 1 unspecified atom stereocenters. The Morgan fingerprint density at radius 2 is 1.81 bits per heavy atom. The molecule has 0 aliphatic rings. The van der Waals surface area contributed by atoms with Gasteiger partial charge in [0.2, 0.25) is 11.8 Å². The molecule has 0 aliphatic carbocycles. The number of aryl methyl sites for hydroxylation is 2. The van der Waals surface area contributed by atoms with Crippen molar-refractivity contribution in [3.05, 3.63) is 29.3 Å². The van der Waals surface area contributed by atoms with Crippen LogP contribution in [0.5, 0.6) is 0 Å². The molecule has 0 fully saturated rings. The molecule has 142 valence electrons. The van der Waals surface area contributed by atoms with Gasteiger partial charge in [-0.1, -0.05) is 12.1 Å². The summed E-state index contributed by atoms with van der Waals surface area (Å²) in [6, 6.07) is 5.79. The second-order valence-corrected chi connectivity index (χ2v) is 6.13. The van der Waals surface area contributed by atoms with E-state index in [0.29, 0.717) is 12.3 Å². The zero-order valence-corrected chi connectivity index (χ0v) is 16.0. The third-order valence-corrected chi connectivity index (χ3v) is 3.87. The Morgan fingerprint density at radius 3 is 2.46 bits per heavy atom. The molecule has 2 N–H and O–H groups in total. The third kappa shape index (κ3) is 7.04. The number of carbonyl (C=O) groups excluding carboxylic acids is 3. The molecule has 0 aromatic heterocycles. The lowest BCUT2D eigenvalue weighted by Gasteiger charge is -2.10. The first kappa shape index (κ1) is 21.3. The van der Waals surface area contributed by atoms with Crippen LogP contribution in [0.3, 0.4) is 0 Å². The van der Waals surface area contributed by atoms with Crippen molar-refractivity contribution < 1.29 is 19.1 Å². The van der Waals surface area contributed by atoms with Crippen molar-refractivity contribution in [3.8, 4) is 0 Å². The second kappa shape index (κ2) is 10.3. The minimum absolute atomic E-state index is 0.00125. The van der Waals surface area contributed by atoms with Gasteiger partial charge in [-0.05, 0) is 51.8 Å². The SMILES string of the molecule is CCOC(=O)C(C)C(C)=NNC(=O)CCC(=O)Nc1cc(C)ccc1C. The van der Waals surface area contributed by atoms with Crippen LogP contribution in [0.25, 0.3) is 0 Å². The molecule has 7 heteroatoms. The molecule has 1 rings (SSSR count). The maximum atomic E-state index is 12.0. The molecular formula is C19H27N3O4. The summed E-state index contributed by atoms with van der Waals surface area (Å²) in [5, 5.41) is 6.70. The van der Waals surface area contributed by atoms with Crippen molar-refractivity contribution in [1.29, 1.82) is 0 Å². The zero-order chi connectivity index (χ0) is 19.7. The number of amides is 2. The van der Waals surface area contributed by atoms with E-state index in [2.05, 4.69) is 15.8 Å². The van der Waals surface area contributed by atoms with Crippen molar-refractivity contribution in [2.24, 2.45) is 11.0 Å². The maximum Gasteiger partial charge on any atom is 0.314 e. The van der Waals surface area contributed by atoms with E-state index in [-0.39, 0.29) is 18.7 Å². The van der Waals surface area contributed by atoms with Crippen LogP contribution in [0.2, 0.25) is 0 Å². The monoisotopic (exact) mass is 361 g/mol. The van der Waals surface area contributed by atoms with Gasteiger partial charge < -0.3 is 10.1 Å². The van der Waals surface area contributed by atoms with Gasteiger partial charge in [0.15, 0.2) is 0 Å². The predicted octanol–water partition coefficient (Wildman–Crippen LogP) is 2.71. The van der Waals surface area contributed by atoms with E-state index in [1.807, 2.05) is 32.0 Å². The summed E-state index contributed by atoms with van der Waals surface area (Å²) >= 11 is 0. The van der Waals surface area contributed by atoms with Crippen molar-refractivity contribution in [2.45, 2.75) is 47.5 Å². The minimum Gasteiger partial charge on any atom is -0.465 e. The molecule has 1 atom stereocenters. The summed E-state index contributed by atoms with van der Waals surface area (Å²) in [5.41, 5.74) is 5.55.